The molecule has 17 heavy (non-hydrogen) atoms. The molecule has 0 aliphatic rings. The highest BCUT2D eigenvalue weighted by atomic mass is 15.2. The topological polar surface area (TPSA) is 67.4 Å². The van der Waals surface area contributed by atoms with Gasteiger partial charge in [0.1, 0.15) is 5.82 Å². The molecule has 0 aliphatic carbocycles. The predicted molar refractivity (Wildman–Crippen MR) is 69.8 cm³/mol. The Balaban J connectivity index is 2.74. The van der Waals surface area contributed by atoms with Crippen LogP contribution in [0.25, 0.3) is 0 Å². The van der Waals surface area contributed by atoms with Crippen LogP contribution < -0.4 is 5.73 Å². The van der Waals surface area contributed by atoms with E-state index >= 15 is 0 Å². The van der Waals surface area contributed by atoms with E-state index in [0.717, 1.165) is 30.3 Å². The Morgan fingerprint density at radius 2 is 1.94 bits per heavy atom. The molecule has 0 aliphatic heterocycles. The summed E-state index contributed by atoms with van der Waals surface area (Å²) < 4.78 is 0. The first-order valence-corrected chi connectivity index (χ1v) is 5.92. The zero-order chi connectivity index (χ0) is 12.8. The Kier molecular flexibility index (Phi) is 4.87. The van der Waals surface area contributed by atoms with Gasteiger partial charge in [0.15, 0.2) is 5.96 Å². The highest BCUT2D eigenvalue weighted by molar-refractivity contribution is 5.77. The summed E-state index contributed by atoms with van der Waals surface area (Å²) in [7, 11) is 0. The van der Waals surface area contributed by atoms with Gasteiger partial charge in [-0.3, -0.25) is 0 Å². The Labute approximate surface area is 103 Å². The summed E-state index contributed by atoms with van der Waals surface area (Å²) in [4.78, 5) is 14.9. The quantitative estimate of drug-likeness (QED) is 0.630. The number of aryl methyl sites for hydroxylation is 2. The van der Waals surface area contributed by atoms with Gasteiger partial charge in [-0.25, -0.2) is 15.0 Å². The molecule has 0 saturated heterocycles. The summed E-state index contributed by atoms with van der Waals surface area (Å²) in [6, 6.07) is 1.94. The minimum absolute atomic E-state index is 0.506. The summed E-state index contributed by atoms with van der Waals surface area (Å²) in [5.41, 5.74) is 7.77. The van der Waals surface area contributed by atoms with Crippen molar-refractivity contribution in [3.05, 3.63) is 23.3 Å². The molecule has 0 spiro atoms. The molecule has 0 saturated carbocycles. The molecular weight excluding hydrogens is 214 g/mol. The zero-order valence-corrected chi connectivity index (χ0v) is 11.1. The van der Waals surface area contributed by atoms with Crippen molar-refractivity contribution in [1.82, 2.24) is 14.9 Å². The Hall–Kier alpha value is -1.65. The average molecular weight is 235 g/mol. The molecule has 1 rings (SSSR count). The van der Waals surface area contributed by atoms with E-state index in [9.17, 15) is 0 Å². The van der Waals surface area contributed by atoms with Crippen LogP contribution in [-0.4, -0.2) is 33.9 Å². The van der Waals surface area contributed by atoms with Gasteiger partial charge in [0.2, 0.25) is 0 Å². The van der Waals surface area contributed by atoms with Crippen molar-refractivity contribution < 1.29 is 0 Å². The van der Waals surface area contributed by atoms with Crippen molar-refractivity contribution in [3.63, 3.8) is 0 Å². The minimum Gasteiger partial charge on any atom is -0.370 e. The molecule has 0 atom stereocenters. The number of hydrogen-bond donors (Lipinski definition) is 1. The maximum absolute atomic E-state index is 5.90. The molecule has 0 aromatic carbocycles. The fourth-order valence-corrected chi connectivity index (χ4v) is 1.68. The Morgan fingerprint density at radius 1 is 1.29 bits per heavy atom. The normalized spacial score (nSPS) is 11.6. The van der Waals surface area contributed by atoms with Crippen molar-refractivity contribution in [2.45, 2.75) is 34.2 Å². The highest BCUT2D eigenvalue weighted by Crippen LogP contribution is 2.02. The fraction of sp³-hybridized carbons (Fsp3) is 0.583. The number of nitrogens with two attached hydrogens (primary N) is 1. The summed E-state index contributed by atoms with van der Waals surface area (Å²) in [5, 5.41) is 0. The summed E-state index contributed by atoms with van der Waals surface area (Å²) in [6.07, 6.45) is 0. The van der Waals surface area contributed by atoms with Crippen molar-refractivity contribution in [2.75, 3.05) is 13.1 Å². The average Bonchev–Trinajstić information content (AvgIpc) is 2.27. The van der Waals surface area contributed by atoms with Gasteiger partial charge in [-0.05, 0) is 33.8 Å². The first kappa shape index (κ1) is 13.4. The molecule has 2 N–H and O–H groups in total. The second-order valence-electron chi connectivity index (χ2n) is 3.89. The highest BCUT2D eigenvalue weighted by Gasteiger charge is 2.03. The Morgan fingerprint density at radius 3 is 2.47 bits per heavy atom. The lowest BCUT2D eigenvalue weighted by molar-refractivity contribution is 0.458. The number of hydrogen-bond acceptors (Lipinski definition) is 3. The van der Waals surface area contributed by atoms with Crippen LogP contribution in [0.3, 0.4) is 0 Å². The zero-order valence-electron chi connectivity index (χ0n) is 11.1. The van der Waals surface area contributed by atoms with Gasteiger partial charge in [-0.1, -0.05) is 0 Å². The van der Waals surface area contributed by atoms with Crippen LogP contribution in [0.15, 0.2) is 11.1 Å². The molecule has 0 fully saturated rings. The summed E-state index contributed by atoms with van der Waals surface area (Å²) in [5.74, 6) is 1.35. The summed E-state index contributed by atoms with van der Waals surface area (Å²) in [6.45, 7) is 10.2. The first-order chi connectivity index (χ1) is 8.06. The van der Waals surface area contributed by atoms with E-state index in [-0.39, 0.29) is 0 Å². The Bertz CT molecular complexity index is 376. The van der Waals surface area contributed by atoms with E-state index in [4.69, 9.17) is 5.73 Å². The van der Waals surface area contributed by atoms with E-state index in [2.05, 4.69) is 28.8 Å². The first-order valence-electron chi connectivity index (χ1n) is 5.92. The van der Waals surface area contributed by atoms with Crippen LogP contribution in [0.2, 0.25) is 0 Å². The second-order valence-corrected chi connectivity index (χ2v) is 3.89. The molecule has 0 radical (unpaired) electrons. The maximum Gasteiger partial charge on any atom is 0.191 e. The van der Waals surface area contributed by atoms with E-state index < -0.39 is 0 Å². The van der Waals surface area contributed by atoms with Crippen molar-refractivity contribution in [1.29, 1.82) is 0 Å². The van der Waals surface area contributed by atoms with Crippen LogP contribution in [0.5, 0.6) is 0 Å². The molecule has 94 valence electrons. The number of guanidine groups is 1. The standard InChI is InChI=1S/C12H21N5/c1-5-17(6-2)12(13)14-8-11-7-9(3)15-10(4)16-11/h7H,5-6,8H2,1-4H3,(H2,13,14). The van der Waals surface area contributed by atoms with E-state index in [1.807, 2.05) is 24.8 Å². The molecule has 1 aromatic rings. The molecular formula is C12H21N5. The molecule has 1 heterocycles. The molecule has 0 unspecified atom stereocenters. The third-order valence-electron chi connectivity index (χ3n) is 2.51. The molecule has 1 aromatic heterocycles. The number of aromatic nitrogens is 2. The molecule has 5 nitrogen and oxygen atoms in total. The van der Waals surface area contributed by atoms with Crippen LogP contribution >= 0.6 is 0 Å². The lowest BCUT2D eigenvalue weighted by atomic mass is 10.3. The minimum atomic E-state index is 0.506. The number of aliphatic imine (C=N–C) groups is 1. The van der Waals surface area contributed by atoms with Gasteiger partial charge in [0.05, 0.1) is 12.2 Å². The number of rotatable bonds is 4. The SMILES string of the molecule is CCN(CC)C(N)=NCc1cc(C)nc(C)n1. The van der Waals surface area contributed by atoms with Gasteiger partial charge < -0.3 is 10.6 Å². The second kappa shape index (κ2) is 6.18. The predicted octanol–water partition coefficient (Wildman–Crippen LogP) is 1.25. The molecule has 0 bridgehead atoms. The molecule has 5 heteroatoms. The van der Waals surface area contributed by atoms with Crippen molar-refractivity contribution in [3.8, 4) is 0 Å². The largest absolute Gasteiger partial charge is 0.370 e. The monoisotopic (exact) mass is 235 g/mol. The van der Waals surface area contributed by atoms with E-state index in [0.29, 0.717) is 12.5 Å². The third kappa shape index (κ3) is 4.01. The van der Waals surface area contributed by atoms with E-state index in [1.165, 1.54) is 0 Å². The lowest BCUT2D eigenvalue weighted by Crippen LogP contribution is -2.37. The third-order valence-corrected chi connectivity index (χ3v) is 2.51. The van der Waals surface area contributed by atoms with Crippen LogP contribution in [-0.2, 0) is 6.54 Å². The van der Waals surface area contributed by atoms with Crippen LogP contribution in [0.1, 0.15) is 31.1 Å². The van der Waals surface area contributed by atoms with Gasteiger partial charge >= 0.3 is 0 Å². The van der Waals surface area contributed by atoms with Gasteiger partial charge in [-0.15, -0.1) is 0 Å². The van der Waals surface area contributed by atoms with Gasteiger partial charge in [-0.2, -0.15) is 0 Å². The van der Waals surface area contributed by atoms with Gasteiger partial charge in [0, 0.05) is 18.8 Å². The lowest BCUT2D eigenvalue weighted by Gasteiger charge is -2.19. The van der Waals surface area contributed by atoms with Crippen molar-refractivity contribution >= 4 is 5.96 Å². The molecule has 0 amide bonds. The summed E-state index contributed by atoms with van der Waals surface area (Å²) >= 11 is 0. The van der Waals surface area contributed by atoms with Crippen LogP contribution in [0.4, 0.5) is 0 Å². The van der Waals surface area contributed by atoms with Crippen molar-refractivity contribution in [2.24, 2.45) is 10.7 Å². The smallest absolute Gasteiger partial charge is 0.191 e. The van der Waals surface area contributed by atoms with Gasteiger partial charge in [0.25, 0.3) is 0 Å². The fourth-order valence-electron chi connectivity index (χ4n) is 1.68. The van der Waals surface area contributed by atoms with Crippen LogP contribution in [0, 0.1) is 13.8 Å². The maximum atomic E-state index is 5.90. The van der Waals surface area contributed by atoms with E-state index in [1.54, 1.807) is 0 Å². The number of nitrogens with zero attached hydrogens (tertiary/aromatic N) is 4.